The summed E-state index contributed by atoms with van der Waals surface area (Å²) in [5.41, 5.74) is 1.68. The second kappa shape index (κ2) is 16.2. The predicted octanol–water partition coefficient (Wildman–Crippen LogP) is 5.69. The van der Waals surface area contributed by atoms with Crippen molar-refractivity contribution in [3.05, 3.63) is 59.4 Å². The fourth-order valence-corrected chi connectivity index (χ4v) is 9.28. The maximum Gasteiger partial charge on any atom is 0.306 e. The van der Waals surface area contributed by atoms with Gasteiger partial charge in [0.05, 0.1) is 37.9 Å². The molecule has 2 aromatic rings. The Labute approximate surface area is 302 Å². The summed E-state index contributed by atoms with van der Waals surface area (Å²) in [6.45, 7) is 7.28. The number of benzene rings is 2. The van der Waals surface area contributed by atoms with Gasteiger partial charge in [-0.25, -0.2) is 4.39 Å². The third-order valence-corrected chi connectivity index (χ3v) is 11.9. The van der Waals surface area contributed by atoms with Crippen molar-refractivity contribution in [3.8, 4) is 5.75 Å². The maximum atomic E-state index is 15.3. The first kappa shape index (κ1) is 37.5. The van der Waals surface area contributed by atoms with E-state index in [2.05, 4.69) is 35.8 Å². The molecule has 0 bridgehead atoms. The highest BCUT2D eigenvalue weighted by Crippen LogP contribution is 2.46. The zero-order valence-corrected chi connectivity index (χ0v) is 30.9. The summed E-state index contributed by atoms with van der Waals surface area (Å²) in [5, 5.41) is 9.55. The highest BCUT2D eigenvalue weighted by atomic mass is 19.1. The molecular weight excluding hydrogens is 653 g/mol. The Morgan fingerprint density at radius 3 is 2.27 bits per heavy atom. The molecule has 2 aromatic carbocycles. The van der Waals surface area contributed by atoms with Crippen LogP contribution in [0.1, 0.15) is 81.8 Å². The number of hydrogen-bond donors (Lipinski definition) is 1. The lowest BCUT2D eigenvalue weighted by molar-refractivity contribution is -0.157. The number of methoxy groups -OCH3 is 3. The molecule has 4 fully saturated rings. The fraction of sp³-hybridized carbons (Fsp3) is 0.650. The summed E-state index contributed by atoms with van der Waals surface area (Å²) in [6.07, 6.45) is 6.18. The van der Waals surface area contributed by atoms with E-state index in [4.69, 9.17) is 18.9 Å². The molecule has 11 heteroatoms. The monoisotopic (exact) mass is 709 g/mol. The van der Waals surface area contributed by atoms with Crippen molar-refractivity contribution in [2.45, 2.75) is 101 Å². The molecule has 1 N–H and O–H groups in total. The number of hydrogen-bond acceptors (Lipinski definition) is 8. The van der Waals surface area contributed by atoms with Gasteiger partial charge in [-0.2, -0.15) is 0 Å². The van der Waals surface area contributed by atoms with E-state index in [0.717, 1.165) is 48.2 Å². The molecule has 4 atom stereocenters. The first-order chi connectivity index (χ1) is 24.6. The van der Waals surface area contributed by atoms with Crippen LogP contribution >= 0.6 is 0 Å². The number of anilines is 1. The predicted molar refractivity (Wildman–Crippen MR) is 193 cm³/mol. The number of carbonyl (C=O) groups is 2. The molecule has 10 nitrogen and oxygen atoms in total. The Bertz CT molecular complexity index is 1490. The lowest BCUT2D eigenvalue weighted by Crippen LogP contribution is -2.57. The highest BCUT2D eigenvalue weighted by Gasteiger charge is 2.57. The van der Waals surface area contributed by atoms with E-state index in [1.54, 1.807) is 27.4 Å². The molecule has 1 amide bonds. The second-order valence-electron chi connectivity index (χ2n) is 15.3. The summed E-state index contributed by atoms with van der Waals surface area (Å²) in [7, 11) is 4.98. The van der Waals surface area contributed by atoms with Crippen LogP contribution < -0.4 is 9.64 Å². The molecule has 4 aliphatic rings. The van der Waals surface area contributed by atoms with Gasteiger partial charge in [0.2, 0.25) is 0 Å². The lowest BCUT2D eigenvalue weighted by Gasteiger charge is -2.39. The molecule has 3 saturated heterocycles. The van der Waals surface area contributed by atoms with Crippen molar-refractivity contribution in [2.75, 3.05) is 65.6 Å². The molecule has 6 rings (SSSR count). The Kier molecular flexibility index (Phi) is 11.9. The summed E-state index contributed by atoms with van der Waals surface area (Å²) in [4.78, 5) is 33.4. The van der Waals surface area contributed by atoms with Crippen molar-refractivity contribution in [1.82, 2.24) is 9.80 Å². The van der Waals surface area contributed by atoms with Crippen LogP contribution in [0, 0.1) is 11.7 Å². The van der Waals surface area contributed by atoms with Gasteiger partial charge in [0.25, 0.3) is 5.91 Å². The average Bonchev–Trinajstić information content (AvgIpc) is 3.74. The molecule has 280 valence electrons. The third kappa shape index (κ3) is 7.92. The molecule has 3 aliphatic heterocycles. The first-order valence-electron chi connectivity index (χ1n) is 18.7. The van der Waals surface area contributed by atoms with Crippen molar-refractivity contribution >= 4 is 17.6 Å². The van der Waals surface area contributed by atoms with Gasteiger partial charge in [0.15, 0.2) is 5.60 Å². The van der Waals surface area contributed by atoms with Gasteiger partial charge in [-0.3, -0.25) is 14.5 Å². The molecule has 1 aliphatic carbocycles. The Morgan fingerprint density at radius 2 is 1.67 bits per heavy atom. The van der Waals surface area contributed by atoms with Gasteiger partial charge in [-0.15, -0.1) is 0 Å². The van der Waals surface area contributed by atoms with Gasteiger partial charge in [-0.05, 0) is 94.2 Å². The van der Waals surface area contributed by atoms with Crippen LogP contribution in [0.5, 0.6) is 5.75 Å². The van der Waals surface area contributed by atoms with Crippen LogP contribution in [-0.4, -0.2) is 117 Å². The fourth-order valence-electron chi connectivity index (χ4n) is 9.28. The zero-order chi connectivity index (χ0) is 36.3. The number of carboxylic acids is 1. The van der Waals surface area contributed by atoms with E-state index >= 15 is 4.79 Å². The molecular formula is C40H56FN3O7. The van der Waals surface area contributed by atoms with Gasteiger partial charge >= 0.3 is 5.97 Å². The lowest BCUT2D eigenvalue weighted by atomic mass is 9.83. The van der Waals surface area contributed by atoms with Crippen LogP contribution in [0.2, 0.25) is 0 Å². The SMILES string of the molecule is COC[C@@H]1C[C@@H](c2ccc(F)cc2N2CCC(C(=O)O)CC2)CN1C(=O)[C@]1(OC)CN([C@H]2CC[C@H](OC(C)C)CC2)C[C@H]1c1ccc(OC)cc1. The van der Waals surface area contributed by atoms with Crippen LogP contribution in [-0.2, 0) is 23.8 Å². The Hall–Kier alpha value is -3.25. The number of rotatable bonds is 12. The molecule has 0 unspecified atom stereocenters. The maximum absolute atomic E-state index is 15.3. The Morgan fingerprint density at radius 1 is 0.961 bits per heavy atom. The largest absolute Gasteiger partial charge is 0.497 e. The standard InChI is InChI=1S/C40H56FN3O7/c1-26(2)51-34-13-9-31(10-14-34)43-23-36(27-6-11-33(49-4)12-7-27)40(25-43,50-5)39(47)44-22-29(20-32(44)24-48-3)35-15-8-30(41)21-37(35)42-18-16-28(17-19-42)38(45)46/h6-8,11-12,15,21,26,28-29,31-32,34,36H,9-10,13-14,16-20,22-25H2,1-5H3,(H,45,46)/t29-,31-,32+,34-,36+,40+/m1/s1. The number of piperidine rings is 1. The number of likely N-dealkylation sites (tertiary alicyclic amines) is 2. The van der Waals surface area contributed by atoms with Gasteiger partial charge in [0, 0.05) is 70.5 Å². The van der Waals surface area contributed by atoms with Crippen LogP contribution in [0.15, 0.2) is 42.5 Å². The van der Waals surface area contributed by atoms with Crippen molar-refractivity contribution in [3.63, 3.8) is 0 Å². The van der Waals surface area contributed by atoms with Crippen molar-refractivity contribution < 1.29 is 38.0 Å². The van der Waals surface area contributed by atoms with Crippen LogP contribution in [0.4, 0.5) is 10.1 Å². The summed E-state index contributed by atoms with van der Waals surface area (Å²) >= 11 is 0. The van der Waals surface area contributed by atoms with Crippen LogP contribution in [0.3, 0.4) is 0 Å². The van der Waals surface area contributed by atoms with E-state index < -0.39 is 11.6 Å². The summed E-state index contributed by atoms with van der Waals surface area (Å²) in [5.74, 6) is -1.03. The van der Waals surface area contributed by atoms with E-state index in [-0.39, 0.29) is 47.7 Å². The smallest absolute Gasteiger partial charge is 0.306 e. The first-order valence-corrected chi connectivity index (χ1v) is 18.7. The van der Waals surface area contributed by atoms with Gasteiger partial charge < -0.3 is 33.9 Å². The Balaban J connectivity index is 1.28. The molecule has 0 spiro atoms. The summed E-state index contributed by atoms with van der Waals surface area (Å²) in [6, 6.07) is 13.1. The number of carboxylic acid groups (broad SMARTS) is 1. The minimum atomic E-state index is -1.12. The number of amides is 1. The van der Waals surface area contributed by atoms with Gasteiger partial charge in [-0.1, -0.05) is 18.2 Å². The van der Waals surface area contributed by atoms with Crippen molar-refractivity contribution in [2.24, 2.45) is 5.92 Å². The summed E-state index contributed by atoms with van der Waals surface area (Å²) < 4.78 is 38.6. The quantitative estimate of drug-likeness (QED) is 0.298. The highest BCUT2D eigenvalue weighted by molar-refractivity contribution is 5.88. The molecule has 0 radical (unpaired) electrons. The third-order valence-electron chi connectivity index (χ3n) is 11.9. The second-order valence-corrected chi connectivity index (χ2v) is 15.3. The van der Waals surface area contributed by atoms with E-state index in [1.165, 1.54) is 6.07 Å². The zero-order valence-electron chi connectivity index (χ0n) is 30.9. The van der Waals surface area contributed by atoms with Crippen LogP contribution in [0.25, 0.3) is 0 Å². The van der Waals surface area contributed by atoms with E-state index in [0.29, 0.717) is 64.6 Å². The van der Waals surface area contributed by atoms with Gasteiger partial charge in [0.1, 0.15) is 11.6 Å². The number of aliphatic carboxylic acids is 1. The molecule has 0 aromatic heterocycles. The minimum Gasteiger partial charge on any atom is -0.497 e. The topological polar surface area (TPSA) is 101 Å². The number of ether oxygens (including phenoxy) is 4. The van der Waals surface area contributed by atoms with E-state index in [9.17, 15) is 14.3 Å². The number of carbonyl (C=O) groups excluding carboxylic acids is 1. The molecule has 51 heavy (non-hydrogen) atoms. The molecule has 1 saturated carbocycles. The number of nitrogens with zero attached hydrogens (tertiary/aromatic N) is 3. The average molecular weight is 710 g/mol. The number of halogens is 1. The molecule has 3 heterocycles. The minimum absolute atomic E-state index is 0.0411. The van der Waals surface area contributed by atoms with E-state index in [1.807, 2.05) is 23.1 Å². The normalized spacial score (nSPS) is 29.2. The van der Waals surface area contributed by atoms with Crippen molar-refractivity contribution in [1.29, 1.82) is 0 Å².